The topological polar surface area (TPSA) is 237 Å². The Kier molecular flexibility index (Phi) is 85.7. The molecule has 0 rings (SSSR count). The fraction of sp³-hybridized carbons (Fsp3) is 0.960. The van der Waals surface area contributed by atoms with Crippen LogP contribution in [0.25, 0.3) is 0 Å². The molecular weight excluding hydrogens is 1520 g/mol. The molecule has 0 aromatic rings. The number of phosphoric acid groups is 2. The number of carbonyl (C=O) groups excluding carboxylic acids is 4. The zero-order chi connectivity index (χ0) is 86.6. The van der Waals surface area contributed by atoms with Gasteiger partial charge in [0.1, 0.15) is 19.3 Å². The summed E-state index contributed by atoms with van der Waals surface area (Å²) in [6.07, 6.45) is 82.0. The predicted octanol–water partition coefficient (Wildman–Crippen LogP) is 31.0. The molecule has 0 bridgehead atoms. The fourth-order valence-electron chi connectivity index (χ4n) is 15.5. The molecule has 0 aliphatic heterocycles. The first-order valence-corrected chi connectivity index (χ1v) is 53.8. The summed E-state index contributed by atoms with van der Waals surface area (Å²) in [6, 6.07) is 0. The van der Waals surface area contributed by atoms with Gasteiger partial charge in [0.25, 0.3) is 0 Å². The molecule has 3 N–H and O–H groups in total. The van der Waals surface area contributed by atoms with Crippen molar-refractivity contribution in [3.8, 4) is 0 Å². The molecule has 0 aromatic carbocycles. The van der Waals surface area contributed by atoms with Crippen molar-refractivity contribution in [3.63, 3.8) is 0 Å². The minimum absolute atomic E-state index is 0.108. The van der Waals surface area contributed by atoms with Crippen molar-refractivity contribution in [2.75, 3.05) is 39.6 Å². The maximum atomic E-state index is 13.2. The largest absolute Gasteiger partial charge is 0.472 e. The molecule has 0 radical (unpaired) electrons. The van der Waals surface area contributed by atoms with Gasteiger partial charge in [0.2, 0.25) is 0 Å². The van der Waals surface area contributed by atoms with Crippen molar-refractivity contribution in [2.45, 2.75) is 549 Å². The van der Waals surface area contributed by atoms with Gasteiger partial charge >= 0.3 is 39.5 Å². The maximum absolute atomic E-state index is 13.2. The van der Waals surface area contributed by atoms with Crippen LogP contribution in [-0.2, 0) is 65.4 Å². The molecule has 118 heavy (non-hydrogen) atoms. The van der Waals surface area contributed by atoms with E-state index in [0.717, 1.165) is 114 Å². The van der Waals surface area contributed by atoms with Crippen molar-refractivity contribution >= 4 is 39.5 Å². The first kappa shape index (κ1) is 116. The van der Waals surface area contributed by atoms with Crippen molar-refractivity contribution in [1.29, 1.82) is 0 Å². The van der Waals surface area contributed by atoms with Gasteiger partial charge in [0.15, 0.2) is 12.2 Å². The smallest absolute Gasteiger partial charge is 0.462 e. The lowest BCUT2D eigenvalue weighted by molar-refractivity contribution is -0.161. The average Bonchev–Trinajstić information content (AvgIpc) is 0.898. The summed E-state index contributed by atoms with van der Waals surface area (Å²) >= 11 is 0. The van der Waals surface area contributed by atoms with E-state index in [9.17, 15) is 43.2 Å². The summed E-state index contributed by atoms with van der Waals surface area (Å²) in [4.78, 5) is 73.7. The van der Waals surface area contributed by atoms with Gasteiger partial charge in [-0.3, -0.25) is 37.3 Å². The van der Waals surface area contributed by atoms with E-state index in [0.29, 0.717) is 25.7 Å². The third-order valence-corrected chi connectivity index (χ3v) is 26.7. The minimum Gasteiger partial charge on any atom is -0.462 e. The summed E-state index contributed by atoms with van der Waals surface area (Å²) in [5, 5.41) is 10.7. The lowest BCUT2D eigenvalue weighted by Crippen LogP contribution is -2.30. The third kappa shape index (κ3) is 86.2. The van der Waals surface area contributed by atoms with Crippen molar-refractivity contribution in [3.05, 3.63) is 0 Å². The number of unbranched alkanes of at least 4 members (excludes halogenated alkanes) is 58. The summed E-state index contributed by atoms with van der Waals surface area (Å²) in [5.41, 5.74) is 0. The highest BCUT2D eigenvalue weighted by molar-refractivity contribution is 7.47. The zero-order valence-electron chi connectivity index (χ0n) is 78.6. The van der Waals surface area contributed by atoms with Crippen molar-refractivity contribution < 1.29 is 80.2 Å². The number of ether oxygens (including phenoxy) is 4. The fourth-order valence-corrected chi connectivity index (χ4v) is 17.1. The molecule has 0 aliphatic rings. The Morgan fingerprint density at radius 3 is 0.559 bits per heavy atom. The van der Waals surface area contributed by atoms with E-state index in [2.05, 4.69) is 55.4 Å². The van der Waals surface area contributed by atoms with Crippen LogP contribution >= 0.6 is 15.6 Å². The van der Waals surface area contributed by atoms with E-state index in [1.54, 1.807) is 0 Å². The van der Waals surface area contributed by atoms with Gasteiger partial charge in [-0.2, -0.15) is 0 Å². The van der Waals surface area contributed by atoms with Crippen molar-refractivity contribution in [2.24, 2.45) is 23.7 Å². The molecule has 0 aliphatic carbocycles. The molecule has 0 saturated heterocycles. The van der Waals surface area contributed by atoms with Gasteiger partial charge in [-0.25, -0.2) is 9.13 Å². The van der Waals surface area contributed by atoms with Crippen LogP contribution in [0.4, 0.5) is 0 Å². The van der Waals surface area contributed by atoms with Crippen LogP contribution in [0, 0.1) is 23.7 Å². The number of hydrogen-bond acceptors (Lipinski definition) is 15. The maximum Gasteiger partial charge on any atom is 0.472 e. The van der Waals surface area contributed by atoms with Gasteiger partial charge in [0, 0.05) is 25.7 Å². The van der Waals surface area contributed by atoms with Crippen LogP contribution in [-0.4, -0.2) is 96.7 Å². The van der Waals surface area contributed by atoms with Crippen LogP contribution in [0.5, 0.6) is 0 Å². The molecule has 0 amide bonds. The lowest BCUT2D eigenvalue weighted by atomic mass is 9.99. The van der Waals surface area contributed by atoms with Gasteiger partial charge < -0.3 is 33.8 Å². The van der Waals surface area contributed by atoms with Gasteiger partial charge in [-0.1, -0.05) is 479 Å². The van der Waals surface area contributed by atoms with Gasteiger partial charge in [-0.15, -0.1) is 0 Å². The quantitative estimate of drug-likeness (QED) is 0.0222. The highest BCUT2D eigenvalue weighted by atomic mass is 31.2. The van der Waals surface area contributed by atoms with Crippen molar-refractivity contribution in [1.82, 2.24) is 0 Å². The Balaban J connectivity index is 5.24. The number of esters is 4. The summed E-state index contributed by atoms with van der Waals surface area (Å²) in [5.74, 6) is 1.30. The molecule has 9 atom stereocenters. The molecule has 0 heterocycles. The van der Waals surface area contributed by atoms with Crippen LogP contribution in [0.3, 0.4) is 0 Å². The van der Waals surface area contributed by atoms with Crippen LogP contribution in [0.1, 0.15) is 531 Å². The van der Waals surface area contributed by atoms with E-state index >= 15 is 0 Å². The third-order valence-electron chi connectivity index (χ3n) is 24.8. The van der Waals surface area contributed by atoms with Crippen LogP contribution < -0.4 is 0 Å². The number of rotatable bonds is 96. The SMILES string of the molecule is CCC(C)CCCCCCCCCCCCCCCCCCCCC(=O)OC[C@H](COP(=O)(O)OC[C@@H](O)COP(=O)(O)OC[C@@H](COC(=O)CCCCCCCCCCC(C)CC)OC(=O)CCCCCCCCCCCCCCCCCCCCC(C)CC)OC(=O)CCCCCCCCCCCCCCCCCCCCC(C)CC. The molecule has 0 fully saturated rings. The van der Waals surface area contributed by atoms with Crippen LogP contribution in [0.2, 0.25) is 0 Å². The molecule has 702 valence electrons. The van der Waals surface area contributed by atoms with E-state index < -0.39 is 97.5 Å². The Labute approximate surface area is 728 Å². The highest BCUT2D eigenvalue weighted by Crippen LogP contribution is 2.45. The van der Waals surface area contributed by atoms with Crippen LogP contribution in [0.15, 0.2) is 0 Å². The summed E-state index contributed by atoms with van der Waals surface area (Å²) in [6.45, 7) is 14.6. The van der Waals surface area contributed by atoms with E-state index in [1.807, 2.05) is 0 Å². The van der Waals surface area contributed by atoms with Gasteiger partial charge in [0.05, 0.1) is 26.4 Å². The number of aliphatic hydroxyl groups excluding tert-OH is 1. The molecule has 0 saturated carbocycles. The second-order valence-corrected chi connectivity index (χ2v) is 39.4. The normalized spacial score (nSPS) is 14.6. The number of aliphatic hydroxyl groups is 1. The average molecular weight is 1720 g/mol. The Morgan fingerprint density at radius 2 is 0.381 bits per heavy atom. The summed E-state index contributed by atoms with van der Waals surface area (Å²) < 4.78 is 69.3. The Hall–Kier alpha value is -1.94. The highest BCUT2D eigenvalue weighted by Gasteiger charge is 2.31. The Bertz CT molecular complexity index is 2280. The first-order valence-electron chi connectivity index (χ1n) is 50.9. The van der Waals surface area contributed by atoms with Gasteiger partial charge in [-0.05, 0) is 49.4 Å². The standard InChI is InChI=1S/C99H194O17P2/c1-9-89(5)75-67-59-51-43-37-31-25-19-13-16-22-28-34-40-46-55-63-71-79-96(101)109-85-94(115-98(103)81-73-65-57-47-41-35-29-23-17-14-20-26-32-38-44-52-60-68-76-90(6)10-2)87-113-117(105,106)111-83-93(100)84-112-118(107,108)114-88-95(86-110-97(102)80-72-64-56-50-49-54-62-70-78-92(8)12-4)116-99(104)82-74-66-58-48-42-36-30-24-18-15-21-27-33-39-45-53-61-69-77-91(7)11-3/h89-95,100H,9-88H2,1-8H3,(H,105,106)(H,107,108)/t89?,90?,91?,92?,93-,94-,95-/m1/s1. The zero-order valence-corrected chi connectivity index (χ0v) is 80.4. The van der Waals surface area contributed by atoms with E-state index in [-0.39, 0.29) is 25.7 Å². The molecule has 17 nitrogen and oxygen atoms in total. The summed E-state index contributed by atoms with van der Waals surface area (Å²) in [7, 11) is -9.95. The molecule has 19 heteroatoms. The van der Waals surface area contributed by atoms with E-state index in [4.69, 9.17) is 37.0 Å². The number of carbonyl (C=O) groups is 4. The molecule has 0 aromatic heterocycles. The second kappa shape index (κ2) is 87.1. The lowest BCUT2D eigenvalue weighted by Gasteiger charge is -2.21. The van der Waals surface area contributed by atoms with E-state index in [1.165, 1.54) is 334 Å². The molecular formula is C99H194O17P2. The monoisotopic (exact) mass is 1720 g/mol. The minimum atomic E-state index is -4.98. The molecule has 0 spiro atoms. The second-order valence-electron chi connectivity index (χ2n) is 36.5. The first-order chi connectivity index (χ1) is 57.2. The predicted molar refractivity (Wildman–Crippen MR) is 492 cm³/mol. The number of hydrogen-bond donors (Lipinski definition) is 3. The molecule has 6 unspecified atom stereocenters. The number of phosphoric ester groups is 2. The Morgan fingerprint density at radius 1 is 0.229 bits per heavy atom.